The van der Waals surface area contributed by atoms with E-state index in [9.17, 15) is 0 Å². The van der Waals surface area contributed by atoms with Crippen molar-refractivity contribution in [2.24, 2.45) is 11.7 Å². The molecular weight excluding hydrogens is 124 g/mol. The van der Waals surface area contributed by atoms with Crippen molar-refractivity contribution >= 4 is 0 Å². The molecular formula is C8H18N2. The lowest BCUT2D eigenvalue weighted by Crippen LogP contribution is -2.43. The van der Waals surface area contributed by atoms with Gasteiger partial charge in [0.15, 0.2) is 0 Å². The van der Waals surface area contributed by atoms with Gasteiger partial charge in [-0.1, -0.05) is 13.8 Å². The van der Waals surface area contributed by atoms with Crippen LogP contribution in [0.25, 0.3) is 0 Å². The van der Waals surface area contributed by atoms with Crippen molar-refractivity contribution in [3.05, 3.63) is 0 Å². The summed E-state index contributed by atoms with van der Waals surface area (Å²) in [6, 6.07) is 0. The average Bonchev–Trinajstić information content (AvgIpc) is 2.71. The largest absolute Gasteiger partial charge is 0.315 e. The maximum absolute atomic E-state index is 5.97. The number of nitrogens with zero attached hydrogens (tertiary/aromatic N) is 1. The summed E-state index contributed by atoms with van der Waals surface area (Å²) < 4.78 is 0. The van der Waals surface area contributed by atoms with Gasteiger partial charge in [-0.3, -0.25) is 4.90 Å². The van der Waals surface area contributed by atoms with Gasteiger partial charge in [-0.05, 0) is 31.8 Å². The maximum atomic E-state index is 5.97. The zero-order valence-corrected chi connectivity index (χ0v) is 7.01. The first-order valence-corrected chi connectivity index (χ1v) is 4.29. The van der Waals surface area contributed by atoms with Gasteiger partial charge in [0.05, 0.1) is 6.17 Å². The Morgan fingerprint density at radius 1 is 1.40 bits per heavy atom. The van der Waals surface area contributed by atoms with E-state index in [1.165, 1.54) is 12.8 Å². The fourth-order valence-corrected chi connectivity index (χ4v) is 1.38. The summed E-state index contributed by atoms with van der Waals surface area (Å²) in [6.07, 6.45) is 3.03. The molecule has 0 radical (unpaired) electrons. The number of hydrogen-bond donors (Lipinski definition) is 1. The Labute approximate surface area is 63.4 Å². The monoisotopic (exact) mass is 142 g/mol. The second-order valence-electron chi connectivity index (χ2n) is 3.05. The molecule has 0 aliphatic heterocycles. The van der Waals surface area contributed by atoms with Crippen LogP contribution in [0.4, 0.5) is 0 Å². The van der Waals surface area contributed by atoms with E-state index < -0.39 is 0 Å². The van der Waals surface area contributed by atoms with Crippen LogP contribution in [-0.4, -0.2) is 24.2 Å². The normalized spacial score (nSPS) is 21.6. The van der Waals surface area contributed by atoms with Crippen LogP contribution in [0, 0.1) is 5.92 Å². The minimum Gasteiger partial charge on any atom is -0.315 e. The molecule has 1 atom stereocenters. The molecule has 1 aliphatic carbocycles. The second kappa shape index (κ2) is 3.35. The highest BCUT2D eigenvalue weighted by Crippen LogP contribution is 2.32. The van der Waals surface area contributed by atoms with Crippen molar-refractivity contribution in [3.8, 4) is 0 Å². The first-order chi connectivity index (χ1) is 4.79. The third-order valence-corrected chi connectivity index (χ3v) is 2.34. The minimum absolute atomic E-state index is 0.343. The van der Waals surface area contributed by atoms with Crippen molar-refractivity contribution < 1.29 is 0 Å². The topological polar surface area (TPSA) is 29.3 Å². The van der Waals surface area contributed by atoms with E-state index in [-0.39, 0.29) is 0 Å². The molecule has 1 saturated carbocycles. The third-order valence-electron chi connectivity index (χ3n) is 2.34. The lowest BCUT2D eigenvalue weighted by atomic mass is 10.3. The summed E-state index contributed by atoms with van der Waals surface area (Å²) in [5.74, 6) is 0.805. The Morgan fingerprint density at radius 3 is 2.20 bits per heavy atom. The van der Waals surface area contributed by atoms with Crippen LogP contribution >= 0.6 is 0 Å². The fourth-order valence-electron chi connectivity index (χ4n) is 1.38. The van der Waals surface area contributed by atoms with Gasteiger partial charge in [-0.2, -0.15) is 0 Å². The van der Waals surface area contributed by atoms with Gasteiger partial charge in [0, 0.05) is 0 Å². The van der Waals surface area contributed by atoms with Gasteiger partial charge in [-0.15, -0.1) is 0 Å². The molecule has 2 heteroatoms. The summed E-state index contributed by atoms with van der Waals surface area (Å²) in [4.78, 5) is 2.33. The molecule has 0 aromatic carbocycles. The van der Waals surface area contributed by atoms with Gasteiger partial charge in [0.25, 0.3) is 0 Å². The van der Waals surface area contributed by atoms with Gasteiger partial charge in [0.2, 0.25) is 0 Å². The van der Waals surface area contributed by atoms with Crippen LogP contribution in [-0.2, 0) is 0 Å². The molecule has 0 amide bonds. The molecule has 1 fully saturated rings. The van der Waals surface area contributed by atoms with E-state index in [1.54, 1.807) is 0 Å². The van der Waals surface area contributed by atoms with E-state index in [0.29, 0.717) is 6.17 Å². The van der Waals surface area contributed by atoms with Crippen molar-refractivity contribution in [2.75, 3.05) is 13.1 Å². The molecule has 0 heterocycles. The molecule has 1 rings (SSSR count). The average molecular weight is 142 g/mol. The summed E-state index contributed by atoms with van der Waals surface area (Å²) in [5, 5.41) is 0. The highest BCUT2D eigenvalue weighted by molar-refractivity contribution is 4.83. The number of hydrogen-bond acceptors (Lipinski definition) is 2. The van der Waals surface area contributed by atoms with Crippen LogP contribution in [0.15, 0.2) is 0 Å². The molecule has 1 unspecified atom stereocenters. The highest BCUT2D eigenvalue weighted by atomic mass is 15.2. The molecule has 0 aromatic rings. The zero-order valence-electron chi connectivity index (χ0n) is 7.01. The third kappa shape index (κ3) is 1.70. The molecule has 0 bridgehead atoms. The minimum atomic E-state index is 0.343. The number of nitrogens with two attached hydrogens (primary N) is 1. The van der Waals surface area contributed by atoms with Gasteiger partial charge in [0.1, 0.15) is 0 Å². The van der Waals surface area contributed by atoms with E-state index in [0.717, 1.165) is 19.0 Å². The molecule has 2 N–H and O–H groups in total. The molecule has 2 nitrogen and oxygen atoms in total. The van der Waals surface area contributed by atoms with Gasteiger partial charge >= 0.3 is 0 Å². The quantitative estimate of drug-likeness (QED) is 0.594. The van der Waals surface area contributed by atoms with Crippen LogP contribution in [0.3, 0.4) is 0 Å². The molecule has 0 aromatic heterocycles. The lowest BCUT2D eigenvalue weighted by Gasteiger charge is -2.25. The maximum Gasteiger partial charge on any atom is 0.0600 e. The molecule has 0 saturated heterocycles. The Hall–Kier alpha value is -0.0800. The van der Waals surface area contributed by atoms with E-state index >= 15 is 0 Å². The molecule has 10 heavy (non-hydrogen) atoms. The highest BCUT2D eigenvalue weighted by Gasteiger charge is 2.31. The fraction of sp³-hybridized carbons (Fsp3) is 1.00. The van der Waals surface area contributed by atoms with Crippen molar-refractivity contribution in [3.63, 3.8) is 0 Å². The molecule has 0 spiro atoms. The van der Waals surface area contributed by atoms with Crippen molar-refractivity contribution in [1.82, 2.24) is 4.90 Å². The first-order valence-electron chi connectivity index (χ1n) is 4.29. The van der Waals surface area contributed by atoms with Crippen LogP contribution in [0.2, 0.25) is 0 Å². The Kier molecular flexibility index (Phi) is 2.69. The predicted molar refractivity (Wildman–Crippen MR) is 43.6 cm³/mol. The van der Waals surface area contributed by atoms with Gasteiger partial charge in [-0.25, -0.2) is 0 Å². The van der Waals surface area contributed by atoms with E-state index in [1.807, 2.05) is 0 Å². The van der Waals surface area contributed by atoms with Crippen LogP contribution in [0.1, 0.15) is 26.7 Å². The lowest BCUT2D eigenvalue weighted by molar-refractivity contribution is 0.200. The number of rotatable bonds is 4. The van der Waals surface area contributed by atoms with E-state index in [4.69, 9.17) is 5.73 Å². The predicted octanol–water partition coefficient (Wildman–Crippen LogP) is 1.02. The van der Waals surface area contributed by atoms with Crippen molar-refractivity contribution in [2.45, 2.75) is 32.9 Å². The second-order valence-corrected chi connectivity index (χ2v) is 3.05. The summed E-state index contributed by atoms with van der Waals surface area (Å²) >= 11 is 0. The summed E-state index contributed by atoms with van der Waals surface area (Å²) in [7, 11) is 0. The molecule has 60 valence electrons. The Balaban J connectivity index is 2.27. The smallest absolute Gasteiger partial charge is 0.0600 e. The van der Waals surface area contributed by atoms with E-state index in [2.05, 4.69) is 18.7 Å². The Morgan fingerprint density at radius 2 is 1.90 bits per heavy atom. The SMILES string of the molecule is CCN(CC)C(N)C1CC1. The standard InChI is InChI=1S/C8H18N2/c1-3-10(4-2)8(9)7-5-6-7/h7-8H,3-6,9H2,1-2H3. The summed E-state index contributed by atoms with van der Waals surface area (Å²) in [6.45, 7) is 6.53. The Bertz CT molecular complexity index is 95.4. The van der Waals surface area contributed by atoms with Crippen LogP contribution in [0.5, 0.6) is 0 Å². The molecule has 1 aliphatic rings. The van der Waals surface area contributed by atoms with Crippen molar-refractivity contribution in [1.29, 1.82) is 0 Å². The first kappa shape index (κ1) is 8.02. The zero-order chi connectivity index (χ0) is 7.56. The summed E-state index contributed by atoms with van der Waals surface area (Å²) in [5.41, 5.74) is 5.97. The van der Waals surface area contributed by atoms with Crippen LogP contribution < -0.4 is 5.73 Å². The van der Waals surface area contributed by atoms with Gasteiger partial charge < -0.3 is 5.73 Å².